The minimum absolute atomic E-state index is 0.0502. The highest BCUT2D eigenvalue weighted by Gasteiger charge is 2.32. The molecule has 3 heterocycles. The van der Waals surface area contributed by atoms with Crippen LogP contribution in [0.4, 0.5) is 0 Å². The number of aromatic nitrogens is 2. The van der Waals surface area contributed by atoms with Crippen LogP contribution in [0.15, 0.2) is 16.2 Å². The van der Waals surface area contributed by atoms with Crippen molar-refractivity contribution in [3.8, 4) is 0 Å². The van der Waals surface area contributed by atoms with Gasteiger partial charge in [0.1, 0.15) is 17.2 Å². The van der Waals surface area contributed by atoms with Gasteiger partial charge >= 0.3 is 0 Å². The summed E-state index contributed by atoms with van der Waals surface area (Å²) in [7, 11) is 0. The molecule has 8 nitrogen and oxygen atoms in total. The number of carbonyl (C=O) groups is 2. The van der Waals surface area contributed by atoms with Gasteiger partial charge in [-0.25, -0.2) is 0 Å². The molecule has 1 unspecified atom stereocenters. The van der Waals surface area contributed by atoms with Crippen LogP contribution in [0.25, 0.3) is 0 Å². The van der Waals surface area contributed by atoms with E-state index < -0.39 is 0 Å². The summed E-state index contributed by atoms with van der Waals surface area (Å²) in [4.78, 5) is 33.4. The molecule has 0 aromatic carbocycles. The Bertz CT molecular complexity index is 799. The van der Waals surface area contributed by atoms with Gasteiger partial charge in [-0.15, -0.1) is 11.3 Å². The van der Waals surface area contributed by atoms with Crippen molar-refractivity contribution in [1.82, 2.24) is 19.9 Å². The highest BCUT2D eigenvalue weighted by Crippen LogP contribution is 2.19. The summed E-state index contributed by atoms with van der Waals surface area (Å²) in [5.74, 6) is 0.804. The van der Waals surface area contributed by atoms with E-state index in [1.54, 1.807) is 15.3 Å². The summed E-state index contributed by atoms with van der Waals surface area (Å²) >= 11 is 1.27. The van der Waals surface area contributed by atoms with Crippen molar-refractivity contribution in [1.29, 1.82) is 0 Å². The summed E-state index contributed by atoms with van der Waals surface area (Å²) in [5, 5.41) is 3.95. The van der Waals surface area contributed by atoms with Gasteiger partial charge in [0.05, 0.1) is 30.1 Å². The third-order valence-electron chi connectivity index (χ3n) is 4.69. The zero-order chi connectivity index (χ0) is 20.3. The molecule has 0 radical (unpaired) electrons. The van der Waals surface area contributed by atoms with E-state index in [0.717, 1.165) is 17.0 Å². The van der Waals surface area contributed by atoms with E-state index in [1.807, 2.05) is 13.8 Å². The smallest absolute Gasteiger partial charge is 0.266 e. The molecule has 1 saturated heterocycles. The van der Waals surface area contributed by atoms with E-state index in [9.17, 15) is 9.59 Å². The Morgan fingerprint density at radius 3 is 2.79 bits per heavy atom. The van der Waals surface area contributed by atoms with E-state index in [-0.39, 0.29) is 24.5 Å². The maximum absolute atomic E-state index is 12.8. The van der Waals surface area contributed by atoms with Crippen molar-refractivity contribution in [3.05, 3.63) is 33.6 Å². The zero-order valence-electron chi connectivity index (χ0n) is 16.7. The fourth-order valence-corrected chi connectivity index (χ4v) is 3.83. The molecule has 2 aromatic rings. The Labute approximate surface area is 168 Å². The number of rotatable bonds is 6. The Balaban J connectivity index is 1.77. The van der Waals surface area contributed by atoms with Crippen LogP contribution < -0.4 is 0 Å². The molecule has 1 aliphatic heterocycles. The van der Waals surface area contributed by atoms with Crippen LogP contribution in [-0.4, -0.2) is 64.0 Å². The molecule has 0 saturated carbocycles. The summed E-state index contributed by atoms with van der Waals surface area (Å²) in [6, 6.07) is 0. The van der Waals surface area contributed by atoms with Gasteiger partial charge in [0, 0.05) is 25.2 Å². The van der Waals surface area contributed by atoms with Crippen molar-refractivity contribution < 1.29 is 18.8 Å². The zero-order valence-corrected chi connectivity index (χ0v) is 17.5. The molecule has 0 bridgehead atoms. The van der Waals surface area contributed by atoms with E-state index in [4.69, 9.17) is 9.26 Å². The lowest BCUT2D eigenvalue weighted by Crippen LogP contribution is -2.40. The van der Waals surface area contributed by atoms with Crippen LogP contribution in [0.5, 0.6) is 0 Å². The SMILES string of the molecule is Cc1noc(C)c1COC1CN(CC(C)C)C(=O)CN(C(=O)c2cncs2)C1. The molecule has 0 N–H and O–H groups in total. The monoisotopic (exact) mass is 406 g/mol. The van der Waals surface area contributed by atoms with Crippen LogP contribution in [0.2, 0.25) is 0 Å². The topological polar surface area (TPSA) is 88.8 Å². The maximum Gasteiger partial charge on any atom is 0.266 e. The summed E-state index contributed by atoms with van der Waals surface area (Å²) < 4.78 is 11.3. The summed E-state index contributed by atoms with van der Waals surface area (Å²) in [6.07, 6.45) is 1.24. The number of carbonyl (C=O) groups excluding carboxylic acids is 2. The highest BCUT2D eigenvalue weighted by molar-refractivity contribution is 7.11. The number of hydrogen-bond acceptors (Lipinski definition) is 7. The first-order chi connectivity index (χ1) is 13.3. The third kappa shape index (κ3) is 4.77. The van der Waals surface area contributed by atoms with Gasteiger partial charge in [-0.1, -0.05) is 19.0 Å². The van der Waals surface area contributed by atoms with E-state index >= 15 is 0 Å². The quantitative estimate of drug-likeness (QED) is 0.731. The van der Waals surface area contributed by atoms with E-state index in [0.29, 0.717) is 37.0 Å². The number of amides is 2. The molecule has 0 aliphatic carbocycles. The Hall–Kier alpha value is -2.26. The molecule has 2 amide bonds. The maximum atomic E-state index is 12.8. The largest absolute Gasteiger partial charge is 0.370 e. The van der Waals surface area contributed by atoms with Gasteiger partial charge in [-0.3, -0.25) is 14.6 Å². The molecule has 1 aliphatic rings. The normalized spacial score (nSPS) is 18.0. The fraction of sp³-hybridized carbons (Fsp3) is 0.579. The molecule has 9 heteroatoms. The molecule has 152 valence electrons. The number of nitrogens with zero attached hydrogens (tertiary/aromatic N) is 4. The van der Waals surface area contributed by atoms with E-state index in [1.165, 1.54) is 17.5 Å². The molecule has 28 heavy (non-hydrogen) atoms. The number of thiazole rings is 1. The summed E-state index contributed by atoms with van der Waals surface area (Å²) in [5.41, 5.74) is 3.31. The molecule has 0 spiro atoms. The van der Waals surface area contributed by atoms with Crippen LogP contribution in [0.3, 0.4) is 0 Å². The number of hydrogen-bond donors (Lipinski definition) is 0. The lowest BCUT2D eigenvalue weighted by molar-refractivity contribution is -0.132. The van der Waals surface area contributed by atoms with Crippen molar-refractivity contribution in [2.24, 2.45) is 5.92 Å². The van der Waals surface area contributed by atoms with Crippen molar-refractivity contribution in [2.75, 3.05) is 26.2 Å². The first-order valence-electron chi connectivity index (χ1n) is 9.34. The lowest BCUT2D eigenvalue weighted by atomic mass is 10.2. The second-order valence-corrected chi connectivity index (χ2v) is 8.37. The first kappa shape index (κ1) is 20.5. The molecule has 1 atom stereocenters. The third-order valence-corrected chi connectivity index (χ3v) is 5.45. The van der Waals surface area contributed by atoms with Crippen LogP contribution in [0.1, 0.15) is 40.5 Å². The van der Waals surface area contributed by atoms with Gasteiger partial charge in [0.15, 0.2) is 0 Å². The number of ether oxygens (including phenoxy) is 1. The van der Waals surface area contributed by atoms with Gasteiger partial charge in [-0.2, -0.15) is 0 Å². The lowest BCUT2D eigenvalue weighted by Gasteiger charge is -2.25. The van der Waals surface area contributed by atoms with Gasteiger partial charge in [0.25, 0.3) is 5.91 Å². The van der Waals surface area contributed by atoms with Crippen molar-refractivity contribution >= 4 is 23.2 Å². The van der Waals surface area contributed by atoms with Gasteiger partial charge < -0.3 is 19.1 Å². The van der Waals surface area contributed by atoms with Crippen molar-refractivity contribution in [2.45, 2.75) is 40.4 Å². The average molecular weight is 407 g/mol. The van der Waals surface area contributed by atoms with E-state index in [2.05, 4.69) is 24.0 Å². The Morgan fingerprint density at radius 1 is 1.39 bits per heavy atom. The highest BCUT2D eigenvalue weighted by atomic mass is 32.1. The summed E-state index contributed by atoms with van der Waals surface area (Å²) in [6.45, 7) is 9.67. The Kier molecular flexibility index (Phi) is 6.46. The minimum Gasteiger partial charge on any atom is -0.370 e. The molecule has 1 fully saturated rings. The van der Waals surface area contributed by atoms with Gasteiger partial charge in [-0.05, 0) is 19.8 Å². The first-order valence-corrected chi connectivity index (χ1v) is 10.2. The fourth-order valence-electron chi connectivity index (χ4n) is 3.24. The predicted molar refractivity (Wildman–Crippen MR) is 104 cm³/mol. The molecular formula is C19H26N4O4S. The second kappa shape index (κ2) is 8.83. The van der Waals surface area contributed by atoms with Crippen LogP contribution in [0, 0.1) is 19.8 Å². The van der Waals surface area contributed by atoms with Crippen LogP contribution in [-0.2, 0) is 16.1 Å². The predicted octanol–water partition coefficient (Wildman–Crippen LogP) is 2.27. The molecule has 3 rings (SSSR count). The second-order valence-electron chi connectivity index (χ2n) is 7.48. The van der Waals surface area contributed by atoms with Crippen LogP contribution >= 0.6 is 11.3 Å². The van der Waals surface area contributed by atoms with Gasteiger partial charge in [0.2, 0.25) is 5.91 Å². The average Bonchev–Trinajstić information content (AvgIpc) is 3.24. The standard InChI is InChI=1S/C19H26N4O4S/c1-12(2)6-22-7-15(26-10-16-13(3)21-27-14(16)4)8-23(9-18(22)24)19(25)17-5-20-11-28-17/h5,11-12,15H,6-10H2,1-4H3. The molecule has 2 aromatic heterocycles. The number of aryl methyl sites for hydroxylation is 2. The minimum atomic E-state index is -0.296. The Morgan fingerprint density at radius 2 is 2.18 bits per heavy atom. The molecular weight excluding hydrogens is 380 g/mol. The van der Waals surface area contributed by atoms with Crippen molar-refractivity contribution in [3.63, 3.8) is 0 Å².